The third-order valence-electron chi connectivity index (χ3n) is 2.79. The van der Waals surface area contributed by atoms with Crippen LogP contribution in [0.15, 0.2) is 36.5 Å². The number of methoxy groups -OCH3 is 1. The Hall–Kier alpha value is -2.83. The van der Waals surface area contributed by atoms with Crippen LogP contribution in [0.1, 0.15) is 10.4 Å². The lowest BCUT2D eigenvalue weighted by atomic mass is 10.2. The number of esters is 1. The number of pyridine rings is 1. The van der Waals surface area contributed by atoms with Gasteiger partial charge in [-0.3, -0.25) is 0 Å². The third kappa shape index (κ3) is 1.89. The smallest absolute Gasteiger partial charge is 0.339 e. The van der Waals surface area contributed by atoms with Crippen LogP contribution in [0.2, 0.25) is 0 Å². The molecule has 0 aliphatic rings. The van der Waals surface area contributed by atoms with Crippen LogP contribution < -0.4 is 0 Å². The highest BCUT2D eigenvalue weighted by molar-refractivity contribution is 5.92. The van der Waals surface area contributed by atoms with Gasteiger partial charge in [0.2, 0.25) is 0 Å². The fourth-order valence-electron chi connectivity index (χ4n) is 1.83. The normalized spacial score (nSPS) is 10.7. The van der Waals surface area contributed by atoms with Crippen LogP contribution in [-0.2, 0) is 4.74 Å². The molecule has 6 nitrogen and oxygen atoms in total. The first-order valence-electron chi connectivity index (χ1n) is 5.75. The van der Waals surface area contributed by atoms with Gasteiger partial charge in [0.05, 0.1) is 12.7 Å². The second kappa shape index (κ2) is 4.69. The minimum absolute atomic E-state index is 0.244. The Labute approximate surface area is 112 Å². The first kappa shape index (κ1) is 12.2. The lowest BCUT2D eigenvalue weighted by Crippen LogP contribution is -2.03. The summed E-state index contributed by atoms with van der Waals surface area (Å²) in [7, 11) is 1.28. The van der Waals surface area contributed by atoms with E-state index in [9.17, 15) is 9.18 Å². The van der Waals surface area contributed by atoms with Crippen molar-refractivity contribution in [3.63, 3.8) is 0 Å². The van der Waals surface area contributed by atoms with Crippen LogP contribution in [0.25, 0.3) is 16.9 Å². The van der Waals surface area contributed by atoms with Crippen LogP contribution in [-0.4, -0.2) is 33.1 Å². The second-order valence-corrected chi connectivity index (χ2v) is 4.01. The van der Waals surface area contributed by atoms with Crippen molar-refractivity contribution in [2.45, 2.75) is 0 Å². The van der Waals surface area contributed by atoms with E-state index >= 15 is 0 Å². The van der Waals surface area contributed by atoms with E-state index in [2.05, 4.69) is 20.0 Å². The Morgan fingerprint density at radius 3 is 2.90 bits per heavy atom. The van der Waals surface area contributed by atoms with Crippen molar-refractivity contribution >= 4 is 17.1 Å². The standard InChI is InChI=1S/C13H9FN4O2/c1-20-13(19)8-6-10-12(15-7-8)18(17-16-10)11-5-3-2-4-9(11)14/h2-7H,1H3. The number of carbonyl (C=O) groups is 1. The molecule has 0 aliphatic carbocycles. The molecule has 1 aromatic carbocycles. The number of hydrogen-bond acceptors (Lipinski definition) is 5. The number of halogens is 1. The van der Waals surface area contributed by atoms with Gasteiger partial charge in [0.25, 0.3) is 0 Å². The van der Waals surface area contributed by atoms with Crippen LogP contribution >= 0.6 is 0 Å². The summed E-state index contributed by atoms with van der Waals surface area (Å²) in [6.07, 6.45) is 1.34. The Kier molecular flexibility index (Phi) is 2.86. The van der Waals surface area contributed by atoms with Crippen LogP contribution in [0.5, 0.6) is 0 Å². The molecule has 0 amide bonds. The molecule has 7 heteroatoms. The number of benzene rings is 1. The van der Waals surface area contributed by atoms with E-state index in [1.807, 2.05) is 0 Å². The molecule has 3 aromatic rings. The largest absolute Gasteiger partial charge is 0.465 e. The second-order valence-electron chi connectivity index (χ2n) is 4.01. The van der Waals surface area contributed by atoms with Crippen molar-refractivity contribution in [2.75, 3.05) is 7.11 Å². The van der Waals surface area contributed by atoms with Crippen LogP contribution in [0.3, 0.4) is 0 Å². The quantitative estimate of drug-likeness (QED) is 0.664. The van der Waals surface area contributed by atoms with Gasteiger partial charge in [-0.05, 0) is 18.2 Å². The summed E-state index contributed by atoms with van der Waals surface area (Å²) in [5.74, 6) is -0.946. The maximum Gasteiger partial charge on any atom is 0.339 e. The van der Waals surface area contributed by atoms with Gasteiger partial charge in [-0.2, -0.15) is 4.68 Å². The Bertz CT molecular complexity index is 800. The highest BCUT2D eigenvalue weighted by Crippen LogP contribution is 2.17. The number of ether oxygens (including phenoxy) is 1. The Balaban J connectivity index is 2.16. The number of hydrogen-bond donors (Lipinski definition) is 0. The molecule has 2 heterocycles. The fourth-order valence-corrected chi connectivity index (χ4v) is 1.83. The minimum atomic E-state index is -0.514. The number of rotatable bonds is 2. The Morgan fingerprint density at radius 2 is 2.15 bits per heavy atom. The predicted octanol–water partition coefficient (Wildman–Crippen LogP) is 1.74. The zero-order chi connectivity index (χ0) is 14.1. The number of aromatic nitrogens is 4. The van der Waals surface area contributed by atoms with Crippen molar-refractivity contribution in [3.8, 4) is 5.69 Å². The van der Waals surface area contributed by atoms with E-state index in [0.29, 0.717) is 11.2 Å². The van der Waals surface area contributed by atoms with Gasteiger partial charge in [-0.1, -0.05) is 17.3 Å². The first-order valence-corrected chi connectivity index (χ1v) is 5.75. The molecular formula is C13H9FN4O2. The highest BCUT2D eigenvalue weighted by atomic mass is 19.1. The van der Waals surface area contributed by atoms with Crippen molar-refractivity contribution in [3.05, 3.63) is 47.9 Å². The molecule has 100 valence electrons. The maximum absolute atomic E-state index is 13.8. The van der Waals surface area contributed by atoms with Crippen LogP contribution in [0, 0.1) is 5.82 Å². The molecule has 0 fully saturated rings. The number of carbonyl (C=O) groups excluding carboxylic acids is 1. The summed E-state index contributed by atoms with van der Waals surface area (Å²) in [5.41, 5.74) is 1.26. The molecule has 0 unspecified atom stereocenters. The number of para-hydroxylation sites is 1. The SMILES string of the molecule is COC(=O)c1cnc2c(c1)nnn2-c1ccccc1F. The molecule has 20 heavy (non-hydrogen) atoms. The van der Waals surface area contributed by atoms with E-state index in [0.717, 1.165) is 0 Å². The monoisotopic (exact) mass is 272 g/mol. The molecule has 0 saturated heterocycles. The van der Waals surface area contributed by atoms with Gasteiger partial charge >= 0.3 is 5.97 Å². The van der Waals surface area contributed by atoms with Gasteiger partial charge in [-0.15, -0.1) is 5.10 Å². The molecular weight excluding hydrogens is 263 g/mol. The molecule has 2 aromatic heterocycles. The average molecular weight is 272 g/mol. The van der Waals surface area contributed by atoms with Gasteiger partial charge in [0.1, 0.15) is 17.0 Å². The summed E-state index contributed by atoms with van der Waals surface area (Å²) in [5, 5.41) is 7.75. The summed E-state index contributed by atoms with van der Waals surface area (Å²) < 4.78 is 19.6. The lowest BCUT2D eigenvalue weighted by Gasteiger charge is -2.02. The van der Waals surface area contributed by atoms with E-state index in [-0.39, 0.29) is 11.3 Å². The minimum Gasteiger partial charge on any atom is -0.465 e. The van der Waals surface area contributed by atoms with Crippen LogP contribution in [0.4, 0.5) is 4.39 Å². The molecule has 0 aliphatic heterocycles. The average Bonchev–Trinajstić information content (AvgIpc) is 2.90. The highest BCUT2D eigenvalue weighted by Gasteiger charge is 2.14. The molecule has 0 saturated carbocycles. The summed E-state index contributed by atoms with van der Waals surface area (Å²) in [6, 6.07) is 7.67. The number of fused-ring (bicyclic) bond motifs is 1. The Morgan fingerprint density at radius 1 is 1.35 bits per heavy atom. The lowest BCUT2D eigenvalue weighted by molar-refractivity contribution is 0.0600. The predicted molar refractivity (Wildman–Crippen MR) is 68.0 cm³/mol. The molecule has 0 atom stereocenters. The fraction of sp³-hybridized carbons (Fsp3) is 0.0769. The molecule has 0 bridgehead atoms. The van der Waals surface area contributed by atoms with Crippen molar-refractivity contribution in [1.82, 2.24) is 20.0 Å². The zero-order valence-corrected chi connectivity index (χ0v) is 10.4. The topological polar surface area (TPSA) is 69.9 Å². The van der Waals surface area contributed by atoms with E-state index in [1.54, 1.807) is 18.2 Å². The summed E-state index contributed by atoms with van der Waals surface area (Å²) >= 11 is 0. The number of nitrogens with zero attached hydrogens (tertiary/aromatic N) is 4. The zero-order valence-electron chi connectivity index (χ0n) is 10.4. The molecule has 3 rings (SSSR count). The third-order valence-corrected chi connectivity index (χ3v) is 2.79. The molecule has 0 radical (unpaired) electrons. The van der Waals surface area contributed by atoms with E-state index < -0.39 is 11.8 Å². The van der Waals surface area contributed by atoms with Gasteiger partial charge in [0, 0.05) is 6.20 Å². The maximum atomic E-state index is 13.8. The summed E-state index contributed by atoms with van der Waals surface area (Å²) in [4.78, 5) is 15.5. The van der Waals surface area contributed by atoms with E-state index in [1.165, 1.54) is 30.1 Å². The first-order chi connectivity index (χ1) is 9.70. The van der Waals surface area contributed by atoms with Gasteiger partial charge in [0.15, 0.2) is 5.65 Å². The van der Waals surface area contributed by atoms with Gasteiger partial charge in [-0.25, -0.2) is 14.2 Å². The molecule has 0 N–H and O–H groups in total. The molecule has 0 spiro atoms. The summed E-state index contributed by atoms with van der Waals surface area (Å²) in [6.45, 7) is 0. The van der Waals surface area contributed by atoms with Crippen molar-refractivity contribution < 1.29 is 13.9 Å². The van der Waals surface area contributed by atoms with E-state index in [4.69, 9.17) is 0 Å². The van der Waals surface area contributed by atoms with Crippen molar-refractivity contribution in [1.29, 1.82) is 0 Å². The van der Waals surface area contributed by atoms with Crippen molar-refractivity contribution in [2.24, 2.45) is 0 Å². The van der Waals surface area contributed by atoms with Gasteiger partial charge < -0.3 is 4.74 Å².